The number of hydrogen-bond donors (Lipinski definition) is 2. The molecule has 32 heavy (non-hydrogen) atoms. The quantitative estimate of drug-likeness (QED) is 0.428. The Kier molecular flexibility index (Phi) is 8.31. The van der Waals surface area contributed by atoms with Crippen LogP contribution in [0.2, 0.25) is 0 Å². The second-order valence-electron chi connectivity index (χ2n) is 7.69. The van der Waals surface area contributed by atoms with E-state index in [0.29, 0.717) is 11.6 Å². The number of nitrogens with zero attached hydrogens (tertiary/aromatic N) is 3. The third kappa shape index (κ3) is 5.50. The predicted octanol–water partition coefficient (Wildman–Crippen LogP) is 4.92. The molecule has 3 rings (SSSR count). The Morgan fingerprint density at radius 3 is 2.81 bits per heavy atom. The number of pyridine rings is 2. The first-order valence-corrected chi connectivity index (χ1v) is 11.5. The molecule has 2 N–H and O–H groups in total. The first-order chi connectivity index (χ1) is 15.5. The van der Waals surface area contributed by atoms with Gasteiger partial charge in [0.25, 0.3) is 5.56 Å². The highest BCUT2D eigenvalue weighted by molar-refractivity contribution is 6.31. The number of H-pyrrole nitrogens is 1. The van der Waals surface area contributed by atoms with E-state index in [1.165, 1.54) is 0 Å². The maximum absolute atomic E-state index is 12.9. The first-order valence-electron chi connectivity index (χ1n) is 11.1. The molecule has 0 spiro atoms. The monoisotopic (exact) mass is 453 g/mol. The Morgan fingerprint density at radius 1 is 1.34 bits per heavy atom. The third-order valence-electron chi connectivity index (χ3n) is 5.65. The number of aromatic amines is 1. The van der Waals surface area contributed by atoms with E-state index >= 15 is 0 Å². The molecule has 170 valence electrons. The molecule has 0 aromatic carbocycles. The van der Waals surface area contributed by atoms with Gasteiger partial charge in [-0.05, 0) is 56.7 Å². The standard InChI is InChI=1S/C25H32ClN5O/c1-5-18(12-20(26)6-2)17-31-10-8-19(13-24(31)32)23-16-29-25-22(23)14-21(15-28-25)30(7-3)11-9-27-4/h6,8,10,12-16,27H,5,7,9,11,17H2,1-4H3,(H,28,29)/b18-12+,20-6+. The molecule has 0 aliphatic carbocycles. The molecule has 0 unspecified atom stereocenters. The largest absolute Gasteiger partial charge is 0.369 e. The molecule has 3 aromatic rings. The van der Waals surface area contributed by atoms with Gasteiger partial charge >= 0.3 is 0 Å². The van der Waals surface area contributed by atoms with Crippen LogP contribution in [0, 0.1) is 0 Å². The van der Waals surface area contributed by atoms with E-state index in [0.717, 1.165) is 59.5 Å². The fourth-order valence-corrected chi connectivity index (χ4v) is 3.84. The van der Waals surface area contributed by atoms with Crippen LogP contribution in [-0.2, 0) is 6.54 Å². The summed E-state index contributed by atoms with van der Waals surface area (Å²) in [7, 11) is 1.95. The summed E-state index contributed by atoms with van der Waals surface area (Å²) < 4.78 is 1.72. The SMILES string of the molecule is C/C=C(Cl)\C=C(/CC)Cn1ccc(-c2c[nH]c3ncc(N(CC)CCNC)cc23)cc1=O. The molecule has 0 saturated heterocycles. The van der Waals surface area contributed by atoms with Crippen LogP contribution in [0.1, 0.15) is 27.2 Å². The molecular weight excluding hydrogens is 422 g/mol. The van der Waals surface area contributed by atoms with Crippen molar-refractivity contribution >= 4 is 28.3 Å². The molecule has 0 aliphatic rings. The summed E-state index contributed by atoms with van der Waals surface area (Å²) in [4.78, 5) is 23.0. The summed E-state index contributed by atoms with van der Waals surface area (Å²) >= 11 is 6.15. The molecule has 0 amide bonds. The summed E-state index contributed by atoms with van der Waals surface area (Å²) in [5.41, 5.74) is 4.80. The summed E-state index contributed by atoms with van der Waals surface area (Å²) in [6.45, 7) is 9.33. The van der Waals surface area contributed by atoms with Crippen LogP contribution < -0.4 is 15.8 Å². The third-order valence-corrected chi connectivity index (χ3v) is 5.98. The van der Waals surface area contributed by atoms with Gasteiger partial charge in [0.2, 0.25) is 0 Å². The number of hydrogen-bond acceptors (Lipinski definition) is 4. The van der Waals surface area contributed by atoms with Gasteiger partial charge in [-0.3, -0.25) is 4.79 Å². The number of rotatable bonds is 10. The van der Waals surface area contributed by atoms with Crippen molar-refractivity contribution in [1.29, 1.82) is 0 Å². The van der Waals surface area contributed by atoms with Gasteiger partial charge in [-0.1, -0.05) is 24.6 Å². The molecule has 3 heterocycles. The summed E-state index contributed by atoms with van der Waals surface area (Å²) in [6.07, 6.45) is 10.3. The van der Waals surface area contributed by atoms with Gasteiger partial charge < -0.3 is 19.8 Å². The van der Waals surface area contributed by atoms with E-state index < -0.39 is 0 Å². The minimum atomic E-state index is -0.0406. The molecule has 0 saturated carbocycles. The van der Waals surface area contributed by atoms with Crippen molar-refractivity contribution in [2.45, 2.75) is 33.7 Å². The van der Waals surface area contributed by atoms with E-state index in [9.17, 15) is 4.79 Å². The highest BCUT2D eigenvalue weighted by Gasteiger charge is 2.12. The fraction of sp³-hybridized carbons (Fsp3) is 0.360. The Hall–Kier alpha value is -2.83. The fourth-order valence-electron chi connectivity index (χ4n) is 3.68. The van der Waals surface area contributed by atoms with Crippen molar-refractivity contribution in [1.82, 2.24) is 19.9 Å². The highest BCUT2D eigenvalue weighted by atomic mass is 35.5. The Bertz CT molecular complexity index is 1170. The Labute approximate surface area is 194 Å². The zero-order chi connectivity index (χ0) is 23.1. The van der Waals surface area contributed by atoms with Gasteiger partial charge in [-0.15, -0.1) is 0 Å². The van der Waals surface area contributed by atoms with Crippen LogP contribution in [0.25, 0.3) is 22.2 Å². The average molecular weight is 454 g/mol. The van der Waals surface area contributed by atoms with Crippen LogP contribution in [0.3, 0.4) is 0 Å². The average Bonchev–Trinajstić information content (AvgIpc) is 3.23. The van der Waals surface area contributed by atoms with Crippen LogP contribution in [0.15, 0.2) is 64.3 Å². The van der Waals surface area contributed by atoms with Crippen LogP contribution in [-0.4, -0.2) is 41.2 Å². The second-order valence-corrected chi connectivity index (χ2v) is 8.12. The van der Waals surface area contributed by atoms with E-state index in [1.54, 1.807) is 10.6 Å². The van der Waals surface area contributed by atoms with Crippen molar-refractivity contribution in [3.8, 4) is 11.1 Å². The van der Waals surface area contributed by atoms with Gasteiger partial charge in [0.05, 0.1) is 11.9 Å². The molecule has 0 radical (unpaired) electrons. The van der Waals surface area contributed by atoms with Gasteiger partial charge in [-0.25, -0.2) is 4.98 Å². The minimum Gasteiger partial charge on any atom is -0.369 e. The molecule has 7 heteroatoms. The van der Waals surface area contributed by atoms with E-state index in [1.807, 2.05) is 50.8 Å². The maximum Gasteiger partial charge on any atom is 0.251 e. The van der Waals surface area contributed by atoms with Gasteiger partial charge in [0.15, 0.2) is 0 Å². The molecule has 0 atom stereocenters. The number of nitrogens with one attached hydrogen (secondary N) is 2. The van der Waals surface area contributed by atoms with Crippen LogP contribution >= 0.6 is 11.6 Å². The molecular formula is C25H32ClN5O. The van der Waals surface area contributed by atoms with Crippen molar-refractivity contribution in [2.24, 2.45) is 0 Å². The topological polar surface area (TPSA) is 66.0 Å². The lowest BCUT2D eigenvalue weighted by atomic mass is 10.1. The lowest BCUT2D eigenvalue weighted by Crippen LogP contribution is -2.30. The van der Waals surface area contributed by atoms with Crippen molar-refractivity contribution < 1.29 is 0 Å². The maximum atomic E-state index is 12.9. The molecule has 6 nitrogen and oxygen atoms in total. The first kappa shape index (κ1) is 23.8. The summed E-state index contributed by atoms with van der Waals surface area (Å²) in [6, 6.07) is 5.83. The van der Waals surface area contributed by atoms with E-state index in [-0.39, 0.29) is 5.56 Å². The Morgan fingerprint density at radius 2 is 2.16 bits per heavy atom. The lowest BCUT2D eigenvalue weighted by molar-refractivity contribution is 0.725. The minimum absolute atomic E-state index is 0.0406. The predicted molar refractivity (Wildman–Crippen MR) is 136 cm³/mol. The van der Waals surface area contributed by atoms with Crippen molar-refractivity contribution in [2.75, 3.05) is 31.6 Å². The normalized spacial score (nSPS) is 12.5. The number of fused-ring (bicyclic) bond motifs is 1. The van der Waals surface area contributed by atoms with Crippen LogP contribution in [0.4, 0.5) is 5.69 Å². The number of anilines is 1. The summed E-state index contributed by atoms with van der Waals surface area (Å²) in [5.74, 6) is 0. The number of aromatic nitrogens is 3. The van der Waals surface area contributed by atoms with E-state index in [2.05, 4.69) is 40.1 Å². The lowest BCUT2D eigenvalue weighted by Gasteiger charge is -2.22. The van der Waals surface area contributed by atoms with Gasteiger partial charge in [0.1, 0.15) is 5.65 Å². The molecule has 3 aromatic heterocycles. The van der Waals surface area contributed by atoms with Crippen LogP contribution in [0.5, 0.6) is 0 Å². The van der Waals surface area contributed by atoms with Gasteiger partial charge in [0, 0.05) is 60.6 Å². The smallest absolute Gasteiger partial charge is 0.251 e. The van der Waals surface area contributed by atoms with Crippen molar-refractivity contribution in [3.63, 3.8) is 0 Å². The van der Waals surface area contributed by atoms with E-state index in [4.69, 9.17) is 11.6 Å². The molecule has 0 fully saturated rings. The van der Waals surface area contributed by atoms with Crippen molar-refractivity contribution in [3.05, 3.63) is 69.9 Å². The highest BCUT2D eigenvalue weighted by Crippen LogP contribution is 2.29. The number of halogens is 1. The molecule has 0 aliphatic heterocycles. The number of allylic oxidation sites excluding steroid dienone is 4. The number of likely N-dealkylation sites (N-methyl/N-ethyl adjacent to an activating group) is 2. The molecule has 0 bridgehead atoms. The zero-order valence-corrected chi connectivity index (χ0v) is 20.0. The zero-order valence-electron chi connectivity index (χ0n) is 19.3. The Balaban J connectivity index is 1.93. The second kappa shape index (κ2) is 11.2. The summed E-state index contributed by atoms with van der Waals surface area (Å²) in [5, 5.41) is 4.89. The van der Waals surface area contributed by atoms with Gasteiger partial charge in [-0.2, -0.15) is 0 Å².